The summed E-state index contributed by atoms with van der Waals surface area (Å²) in [5, 5.41) is 8.06. The Morgan fingerprint density at radius 1 is 1.34 bits per heavy atom. The molecule has 1 aromatic carbocycles. The van der Waals surface area contributed by atoms with Crippen molar-refractivity contribution in [1.82, 2.24) is 15.2 Å². The fraction of sp³-hybridized carbons (Fsp3) is 0.400. The van der Waals surface area contributed by atoms with E-state index in [9.17, 15) is 14.4 Å². The topological polar surface area (TPSA) is 101 Å². The number of rotatable bonds is 3. The maximum absolute atomic E-state index is 12.7. The van der Waals surface area contributed by atoms with Crippen molar-refractivity contribution < 1.29 is 19.1 Å². The number of hydrogen-bond donors (Lipinski definition) is 2. The molecule has 0 aliphatic carbocycles. The molecular weight excluding hydrogens is 392 g/mol. The van der Waals surface area contributed by atoms with Gasteiger partial charge in [0.1, 0.15) is 11.8 Å². The van der Waals surface area contributed by atoms with Crippen LogP contribution in [0.25, 0.3) is 0 Å². The van der Waals surface area contributed by atoms with Crippen LogP contribution in [0.2, 0.25) is 0 Å². The predicted octanol–water partition coefficient (Wildman–Crippen LogP) is 2.31. The second-order valence-corrected chi connectivity index (χ2v) is 8.20. The van der Waals surface area contributed by atoms with Gasteiger partial charge in [-0.05, 0) is 26.0 Å². The third kappa shape index (κ3) is 3.82. The maximum atomic E-state index is 12.7. The summed E-state index contributed by atoms with van der Waals surface area (Å²) in [4.78, 5) is 43.7. The zero-order valence-electron chi connectivity index (χ0n) is 16.2. The van der Waals surface area contributed by atoms with E-state index in [0.29, 0.717) is 35.8 Å². The first-order valence-electron chi connectivity index (χ1n) is 9.50. The average Bonchev–Trinajstić information content (AvgIpc) is 3.04. The van der Waals surface area contributed by atoms with Crippen LogP contribution in [0.15, 0.2) is 29.6 Å². The number of carbonyl (C=O) groups is 3. The number of carbonyl (C=O) groups excluding carboxylic acids is 3. The van der Waals surface area contributed by atoms with Crippen LogP contribution in [-0.4, -0.2) is 45.9 Å². The molecule has 29 heavy (non-hydrogen) atoms. The number of para-hydroxylation sites is 1. The smallest absolute Gasteiger partial charge is 0.258 e. The Kier molecular flexibility index (Phi) is 4.99. The molecule has 3 amide bonds. The van der Waals surface area contributed by atoms with E-state index in [1.54, 1.807) is 30.0 Å². The van der Waals surface area contributed by atoms with E-state index < -0.39 is 11.8 Å². The number of ether oxygens (including phenoxy) is 1. The van der Waals surface area contributed by atoms with Crippen LogP contribution < -0.4 is 15.4 Å². The van der Waals surface area contributed by atoms with Gasteiger partial charge in [-0.1, -0.05) is 12.1 Å². The summed E-state index contributed by atoms with van der Waals surface area (Å²) in [5.41, 5.74) is 0.367. The van der Waals surface area contributed by atoms with Crippen LogP contribution in [0.1, 0.15) is 42.2 Å². The predicted molar refractivity (Wildman–Crippen MR) is 108 cm³/mol. The van der Waals surface area contributed by atoms with E-state index in [4.69, 9.17) is 4.74 Å². The molecule has 0 saturated carbocycles. The highest BCUT2D eigenvalue weighted by molar-refractivity contribution is 7.13. The molecule has 9 heteroatoms. The molecule has 0 unspecified atom stereocenters. The van der Waals surface area contributed by atoms with Crippen molar-refractivity contribution in [3.05, 3.63) is 40.9 Å². The molecule has 2 N–H and O–H groups in total. The molecule has 2 atom stereocenters. The molecule has 0 radical (unpaired) electrons. The number of fused-ring (bicyclic) bond motifs is 1. The highest BCUT2D eigenvalue weighted by atomic mass is 32.1. The molecule has 8 nitrogen and oxygen atoms in total. The average molecular weight is 414 g/mol. The minimum atomic E-state index is -0.946. The second kappa shape index (κ2) is 7.47. The third-order valence-electron chi connectivity index (χ3n) is 5.29. The SMILES string of the molecule is Cc1csc(NC(=O)[C@H](C)N2CC[C@@]3(CCC2=O)NC(=O)c2ccccc2O3)n1. The van der Waals surface area contributed by atoms with Crippen molar-refractivity contribution in [2.45, 2.75) is 44.9 Å². The number of benzene rings is 1. The van der Waals surface area contributed by atoms with E-state index in [1.165, 1.54) is 11.3 Å². The van der Waals surface area contributed by atoms with Crippen molar-refractivity contribution in [3.8, 4) is 5.75 Å². The van der Waals surface area contributed by atoms with Gasteiger partial charge in [-0.3, -0.25) is 14.4 Å². The lowest BCUT2D eigenvalue weighted by atomic mass is 10.0. The van der Waals surface area contributed by atoms with E-state index in [-0.39, 0.29) is 24.1 Å². The van der Waals surface area contributed by atoms with E-state index in [0.717, 1.165) is 5.69 Å². The number of aromatic nitrogens is 1. The van der Waals surface area contributed by atoms with Crippen molar-refractivity contribution in [1.29, 1.82) is 0 Å². The van der Waals surface area contributed by atoms with Gasteiger partial charge in [0, 0.05) is 31.2 Å². The van der Waals surface area contributed by atoms with Crippen molar-refractivity contribution in [2.24, 2.45) is 0 Å². The lowest BCUT2D eigenvalue weighted by molar-refractivity contribution is -0.137. The Labute approximate surface area is 172 Å². The monoisotopic (exact) mass is 414 g/mol. The molecular formula is C20H22N4O4S. The van der Waals surface area contributed by atoms with Crippen LogP contribution in [0, 0.1) is 6.92 Å². The summed E-state index contributed by atoms with van der Waals surface area (Å²) in [6.45, 7) is 3.85. The minimum absolute atomic E-state index is 0.142. The Hall–Kier alpha value is -2.94. The molecule has 4 rings (SSSR count). The van der Waals surface area contributed by atoms with Gasteiger partial charge in [0.15, 0.2) is 10.9 Å². The van der Waals surface area contributed by atoms with Gasteiger partial charge < -0.3 is 20.3 Å². The largest absolute Gasteiger partial charge is 0.467 e. The van der Waals surface area contributed by atoms with Gasteiger partial charge in [-0.2, -0.15) is 0 Å². The number of nitrogens with zero attached hydrogens (tertiary/aromatic N) is 2. The number of likely N-dealkylation sites (tertiary alicyclic amines) is 1. The summed E-state index contributed by atoms with van der Waals surface area (Å²) >= 11 is 1.34. The Balaban J connectivity index is 1.48. The number of hydrogen-bond acceptors (Lipinski definition) is 6. The normalized spacial score (nSPS) is 22.3. The number of thiazole rings is 1. The highest BCUT2D eigenvalue weighted by Crippen LogP contribution is 2.34. The highest BCUT2D eigenvalue weighted by Gasteiger charge is 2.43. The lowest BCUT2D eigenvalue weighted by Crippen LogP contribution is -2.56. The molecule has 0 bridgehead atoms. The number of nitrogens with one attached hydrogen (secondary N) is 2. The molecule has 152 valence electrons. The van der Waals surface area contributed by atoms with E-state index >= 15 is 0 Å². The molecule has 2 aliphatic rings. The first-order chi connectivity index (χ1) is 13.9. The van der Waals surface area contributed by atoms with Crippen molar-refractivity contribution in [2.75, 3.05) is 11.9 Å². The summed E-state index contributed by atoms with van der Waals surface area (Å²) in [6.07, 6.45) is 0.922. The summed E-state index contributed by atoms with van der Waals surface area (Å²) < 4.78 is 6.13. The van der Waals surface area contributed by atoms with Gasteiger partial charge in [0.2, 0.25) is 11.8 Å². The fourth-order valence-corrected chi connectivity index (χ4v) is 4.35. The van der Waals surface area contributed by atoms with E-state index in [2.05, 4.69) is 15.6 Å². The maximum Gasteiger partial charge on any atom is 0.258 e. The quantitative estimate of drug-likeness (QED) is 0.803. The fourth-order valence-electron chi connectivity index (χ4n) is 3.66. The zero-order chi connectivity index (χ0) is 20.6. The Morgan fingerprint density at radius 2 is 2.14 bits per heavy atom. The molecule has 2 aromatic rings. The van der Waals surface area contributed by atoms with Gasteiger partial charge in [-0.15, -0.1) is 11.3 Å². The third-order valence-corrected chi connectivity index (χ3v) is 6.17. The van der Waals surface area contributed by atoms with Crippen LogP contribution >= 0.6 is 11.3 Å². The van der Waals surface area contributed by atoms with Crippen LogP contribution in [-0.2, 0) is 9.59 Å². The van der Waals surface area contributed by atoms with Crippen LogP contribution in [0.5, 0.6) is 5.75 Å². The number of anilines is 1. The molecule has 1 saturated heterocycles. The molecule has 3 heterocycles. The van der Waals surface area contributed by atoms with Crippen LogP contribution in [0.4, 0.5) is 5.13 Å². The second-order valence-electron chi connectivity index (χ2n) is 7.34. The van der Waals surface area contributed by atoms with Gasteiger partial charge in [0.25, 0.3) is 5.91 Å². The first-order valence-corrected chi connectivity index (χ1v) is 10.4. The van der Waals surface area contributed by atoms with Crippen molar-refractivity contribution >= 4 is 34.2 Å². The number of amides is 3. The van der Waals surface area contributed by atoms with Gasteiger partial charge >= 0.3 is 0 Å². The van der Waals surface area contributed by atoms with E-state index in [1.807, 2.05) is 18.4 Å². The summed E-state index contributed by atoms with van der Waals surface area (Å²) in [6, 6.07) is 6.40. The first kappa shape index (κ1) is 19.4. The van der Waals surface area contributed by atoms with Crippen LogP contribution in [0.3, 0.4) is 0 Å². The summed E-state index contributed by atoms with van der Waals surface area (Å²) in [5.74, 6) is -0.126. The summed E-state index contributed by atoms with van der Waals surface area (Å²) in [7, 11) is 0. The minimum Gasteiger partial charge on any atom is -0.467 e. The Bertz CT molecular complexity index is 975. The Morgan fingerprint density at radius 3 is 2.90 bits per heavy atom. The molecule has 1 fully saturated rings. The van der Waals surface area contributed by atoms with Gasteiger partial charge in [-0.25, -0.2) is 4.98 Å². The van der Waals surface area contributed by atoms with Crippen molar-refractivity contribution in [3.63, 3.8) is 0 Å². The number of aryl methyl sites for hydroxylation is 1. The lowest BCUT2D eigenvalue weighted by Gasteiger charge is -2.38. The zero-order valence-corrected chi connectivity index (χ0v) is 17.0. The standard InChI is InChI=1S/C20H22N4O4S/c1-12-11-29-19(21-12)22-17(26)13(2)24-10-9-20(8-7-16(24)25)23-18(27)14-5-3-4-6-15(14)28-20/h3-6,11,13H,7-10H2,1-2H3,(H,23,27)(H,21,22,26)/t13-,20-/m0/s1. The molecule has 1 aromatic heterocycles. The van der Waals surface area contributed by atoms with Gasteiger partial charge in [0.05, 0.1) is 11.3 Å². The molecule has 1 spiro atoms. The molecule has 2 aliphatic heterocycles.